The minimum Gasteiger partial charge on any atom is -0.481 e. The van der Waals surface area contributed by atoms with Crippen LogP contribution >= 0.6 is 11.6 Å². The minimum absolute atomic E-state index is 0.0140. The first kappa shape index (κ1) is 45.3. The highest BCUT2D eigenvalue weighted by Gasteiger charge is 2.82. The van der Waals surface area contributed by atoms with Crippen LogP contribution in [-0.4, -0.2) is 84.5 Å². The van der Waals surface area contributed by atoms with E-state index in [0.29, 0.717) is 25.4 Å². The molecule has 6 aliphatic rings. The molecule has 0 amide bonds. The number of allylic oxidation sites excluding steroid dienone is 1. The molecule has 0 aromatic heterocycles. The monoisotopic (exact) mass is 849 g/mol. The van der Waals surface area contributed by atoms with Gasteiger partial charge in [0, 0.05) is 55.4 Å². The van der Waals surface area contributed by atoms with Gasteiger partial charge in [-0.15, -0.1) is 0 Å². The number of nitrogens with zero attached hydrogens (tertiary/aromatic N) is 2. The second kappa shape index (κ2) is 15.5. The van der Waals surface area contributed by atoms with Crippen LogP contribution in [0.25, 0.3) is 0 Å². The number of fused-ring (bicyclic) bond motifs is 6. The standard InChI is InChI=1S/C50H73ClN2O7/c1-31(2)41-36(55)26-49(39(59-32(3)54)29-53(25-24-52(10)11)28-33-14-12-13-15-35(33)51)22-20-45(6)34(42(41)49)16-17-37-46(45,7)21-23-50-30-48(50,9)38(18-19-47(37,50)8)60-40(56)27-44(4,5)43(57)58/h12-15,31,34,37-39H,16-30H2,1-11H3,(H,57,58)/t34-,37+,38+,39-,45-,46-,47-,48?,49?,50+/m1/s1. The molecule has 5 saturated carbocycles. The molecular weight excluding hydrogens is 776 g/mol. The molecule has 6 aliphatic carbocycles. The Labute approximate surface area is 364 Å². The van der Waals surface area contributed by atoms with E-state index in [1.807, 2.05) is 18.2 Å². The summed E-state index contributed by atoms with van der Waals surface area (Å²) < 4.78 is 12.8. The Balaban J connectivity index is 1.21. The number of hydrogen-bond acceptors (Lipinski definition) is 8. The molecular formula is C50H73ClN2O7. The molecule has 1 N–H and O–H groups in total. The van der Waals surface area contributed by atoms with E-state index in [1.165, 1.54) is 12.5 Å². The number of hydrogen-bond donors (Lipinski definition) is 1. The molecule has 1 spiro atoms. The van der Waals surface area contributed by atoms with Crippen molar-refractivity contribution >= 4 is 35.3 Å². The number of rotatable bonds is 14. The lowest BCUT2D eigenvalue weighted by atomic mass is 9.33. The van der Waals surface area contributed by atoms with E-state index in [1.54, 1.807) is 13.8 Å². The largest absolute Gasteiger partial charge is 0.481 e. The number of likely N-dealkylation sites (N-methyl/N-ethyl adjacent to an activating group) is 1. The average molecular weight is 850 g/mol. The van der Waals surface area contributed by atoms with Gasteiger partial charge in [0.2, 0.25) is 0 Å². The Morgan fingerprint density at radius 3 is 2.23 bits per heavy atom. The highest BCUT2D eigenvalue weighted by atomic mass is 35.5. The molecule has 0 heterocycles. The van der Waals surface area contributed by atoms with Gasteiger partial charge in [-0.3, -0.25) is 24.1 Å². The summed E-state index contributed by atoms with van der Waals surface area (Å²) in [6.45, 7) is 21.8. The van der Waals surface area contributed by atoms with Crippen molar-refractivity contribution in [2.75, 3.05) is 33.7 Å². The smallest absolute Gasteiger partial charge is 0.309 e. The van der Waals surface area contributed by atoms with E-state index in [4.69, 9.17) is 21.1 Å². The molecule has 0 radical (unpaired) electrons. The fourth-order valence-electron chi connectivity index (χ4n) is 14.9. The zero-order chi connectivity index (χ0) is 44.0. The first-order valence-corrected chi connectivity index (χ1v) is 23.3. The molecule has 10 heteroatoms. The number of ketones is 1. The molecule has 0 aliphatic heterocycles. The van der Waals surface area contributed by atoms with Crippen molar-refractivity contribution in [3.05, 3.63) is 46.0 Å². The number of benzene rings is 1. The lowest BCUT2D eigenvalue weighted by Crippen LogP contribution is -2.65. The van der Waals surface area contributed by atoms with E-state index in [-0.39, 0.29) is 63.2 Å². The van der Waals surface area contributed by atoms with Gasteiger partial charge in [0.05, 0.1) is 11.8 Å². The molecule has 0 bridgehead atoms. The van der Waals surface area contributed by atoms with Crippen LogP contribution < -0.4 is 0 Å². The summed E-state index contributed by atoms with van der Waals surface area (Å²) in [4.78, 5) is 57.4. The quantitative estimate of drug-likeness (QED) is 0.183. The third-order valence-corrected chi connectivity index (χ3v) is 18.8. The molecule has 2 unspecified atom stereocenters. The van der Waals surface area contributed by atoms with Gasteiger partial charge in [0.25, 0.3) is 0 Å². The van der Waals surface area contributed by atoms with Crippen LogP contribution in [0.2, 0.25) is 5.02 Å². The molecule has 1 aromatic carbocycles. The van der Waals surface area contributed by atoms with Crippen LogP contribution in [0.1, 0.15) is 139 Å². The van der Waals surface area contributed by atoms with Crippen molar-refractivity contribution in [1.29, 1.82) is 0 Å². The fourth-order valence-corrected chi connectivity index (χ4v) is 15.1. The normalized spacial score (nSPS) is 37.5. The van der Waals surface area contributed by atoms with Crippen molar-refractivity contribution in [2.45, 2.75) is 152 Å². The van der Waals surface area contributed by atoms with Crippen LogP contribution in [-0.2, 0) is 35.2 Å². The predicted octanol–water partition coefficient (Wildman–Crippen LogP) is 9.78. The van der Waals surface area contributed by atoms with Crippen molar-refractivity contribution in [2.24, 2.45) is 55.7 Å². The first-order chi connectivity index (χ1) is 27.9. The van der Waals surface area contributed by atoms with Gasteiger partial charge in [-0.2, -0.15) is 0 Å². The SMILES string of the molecule is CC(=O)O[C@H](CN(CCN(C)C)Cc1ccccc1Cl)C12CC[C@]3(C)[C@H](CC[C@@H]4[C@@]5(C)CC[C@H](OC(=O)CC(C)(C)C(=O)O)C6(C)C[C@]65CC[C@]43C)C1=C(C(C)C)C(=O)C2. The van der Waals surface area contributed by atoms with Gasteiger partial charge in [-0.1, -0.05) is 71.3 Å². The number of ether oxygens (including phenoxy) is 2. The topological polar surface area (TPSA) is 113 Å². The van der Waals surface area contributed by atoms with Crippen LogP contribution in [0.5, 0.6) is 0 Å². The number of carboxylic acids is 1. The number of esters is 2. The zero-order valence-electron chi connectivity index (χ0n) is 38.5. The van der Waals surface area contributed by atoms with E-state index in [0.717, 1.165) is 87.0 Å². The fraction of sp³-hybridized carbons (Fsp3) is 0.760. The molecule has 10 atom stereocenters. The van der Waals surface area contributed by atoms with Crippen LogP contribution in [0.4, 0.5) is 0 Å². The summed E-state index contributed by atoms with van der Waals surface area (Å²) in [5, 5.41) is 10.4. The third-order valence-electron chi connectivity index (χ3n) is 18.4. The highest BCUT2D eigenvalue weighted by Crippen LogP contribution is 2.87. The Morgan fingerprint density at radius 2 is 1.60 bits per heavy atom. The maximum atomic E-state index is 14.6. The summed E-state index contributed by atoms with van der Waals surface area (Å²) in [5.74, 6) is -0.746. The number of carboxylic acid groups (broad SMARTS) is 1. The first-order valence-electron chi connectivity index (χ1n) is 22.9. The van der Waals surface area contributed by atoms with E-state index < -0.39 is 28.9 Å². The lowest BCUT2D eigenvalue weighted by Gasteiger charge is -2.71. The summed E-state index contributed by atoms with van der Waals surface area (Å²) in [7, 11) is 4.15. The second-order valence-corrected chi connectivity index (χ2v) is 22.9. The van der Waals surface area contributed by atoms with E-state index in [2.05, 4.69) is 71.5 Å². The van der Waals surface area contributed by atoms with E-state index >= 15 is 0 Å². The Morgan fingerprint density at radius 1 is 0.917 bits per heavy atom. The zero-order valence-corrected chi connectivity index (χ0v) is 39.2. The predicted molar refractivity (Wildman–Crippen MR) is 234 cm³/mol. The maximum Gasteiger partial charge on any atom is 0.309 e. The molecule has 0 saturated heterocycles. The second-order valence-electron chi connectivity index (χ2n) is 22.5. The molecule has 9 nitrogen and oxygen atoms in total. The van der Waals surface area contributed by atoms with Gasteiger partial charge in [0.1, 0.15) is 12.2 Å². The number of halogens is 1. The van der Waals surface area contributed by atoms with Crippen molar-refractivity contribution in [3.63, 3.8) is 0 Å². The molecule has 60 heavy (non-hydrogen) atoms. The molecule has 7 rings (SSSR count). The number of Topliss-reactive ketones (excluding diaryl/α,β-unsaturated/α-hetero) is 1. The number of aliphatic carboxylic acids is 1. The minimum atomic E-state index is -1.17. The lowest BCUT2D eigenvalue weighted by molar-refractivity contribution is -0.221. The molecule has 5 fully saturated rings. The summed E-state index contributed by atoms with van der Waals surface area (Å²) in [6.07, 6.45) is 8.37. The highest BCUT2D eigenvalue weighted by molar-refractivity contribution is 6.31. The van der Waals surface area contributed by atoms with Gasteiger partial charge in [-0.05, 0) is 148 Å². The Hall–Kier alpha value is -2.75. The average Bonchev–Trinajstić information content (AvgIpc) is 3.68. The summed E-state index contributed by atoms with van der Waals surface area (Å²) >= 11 is 6.74. The Kier molecular flexibility index (Phi) is 11.7. The van der Waals surface area contributed by atoms with Crippen molar-refractivity contribution in [1.82, 2.24) is 9.80 Å². The third kappa shape index (κ3) is 6.92. The van der Waals surface area contributed by atoms with E-state index in [9.17, 15) is 24.3 Å². The van der Waals surface area contributed by atoms with Gasteiger partial charge < -0.3 is 19.5 Å². The number of carbonyl (C=O) groups is 4. The van der Waals surface area contributed by atoms with Crippen LogP contribution in [0.15, 0.2) is 35.4 Å². The maximum absolute atomic E-state index is 14.6. The van der Waals surface area contributed by atoms with Gasteiger partial charge in [-0.25, -0.2) is 0 Å². The van der Waals surface area contributed by atoms with Crippen LogP contribution in [0, 0.1) is 55.7 Å². The summed E-state index contributed by atoms with van der Waals surface area (Å²) in [5.41, 5.74) is 1.53. The number of carbonyl (C=O) groups excluding carboxylic acids is 3. The van der Waals surface area contributed by atoms with Crippen molar-refractivity contribution in [3.8, 4) is 0 Å². The Bertz CT molecular complexity index is 1940. The molecule has 332 valence electrons. The molecule has 1 aromatic rings. The van der Waals surface area contributed by atoms with Gasteiger partial charge in [0.15, 0.2) is 5.78 Å². The van der Waals surface area contributed by atoms with Crippen molar-refractivity contribution < 1.29 is 33.8 Å². The van der Waals surface area contributed by atoms with Gasteiger partial charge >= 0.3 is 17.9 Å². The summed E-state index contributed by atoms with van der Waals surface area (Å²) in [6, 6.07) is 7.96. The van der Waals surface area contributed by atoms with Crippen LogP contribution in [0.3, 0.4) is 0 Å².